The molecule has 128 valence electrons. The summed E-state index contributed by atoms with van der Waals surface area (Å²) in [4.78, 5) is 0. The number of rotatable bonds is 0. The quantitative estimate of drug-likeness (QED) is 0.573. The molecule has 1 N–H and O–H groups in total. The van der Waals surface area contributed by atoms with Crippen molar-refractivity contribution in [1.82, 2.24) is 0 Å². The number of fused-ring (bicyclic) bond motifs is 5. The molecule has 0 aromatic rings. The highest BCUT2D eigenvalue weighted by atomic mass is 16.3. The Balaban J connectivity index is 1.70. The van der Waals surface area contributed by atoms with Gasteiger partial charge in [0.15, 0.2) is 0 Å². The van der Waals surface area contributed by atoms with Crippen molar-refractivity contribution in [2.24, 2.45) is 28.6 Å². The van der Waals surface area contributed by atoms with Crippen LogP contribution in [0, 0.1) is 28.6 Å². The van der Waals surface area contributed by atoms with Crippen LogP contribution >= 0.6 is 0 Å². The summed E-state index contributed by atoms with van der Waals surface area (Å²) in [5.74, 6) is 2.38. The van der Waals surface area contributed by atoms with Crippen molar-refractivity contribution in [3.63, 3.8) is 0 Å². The van der Waals surface area contributed by atoms with Crippen LogP contribution in [-0.2, 0) is 0 Å². The van der Waals surface area contributed by atoms with Gasteiger partial charge in [0, 0.05) is 0 Å². The zero-order valence-electron chi connectivity index (χ0n) is 15.5. The summed E-state index contributed by atoms with van der Waals surface area (Å²) in [7, 11) is 0. The van der Waals surface area contributed by atoms with Gasteiger partial charge in [0.1, 0.15) is 0 Å². The predicted molar refractivity (Wildman–Crippen MR) is 96.1 cm³/mol. The van der Waals surface area contributed by atoms with E-state index in [4.69, 9.17) is 0 Å². The third kappa shape index (κ3) is 2.15. The van der Waals surface area contributed by atoms with E-state index in [1.54, 1.807) is 11.1 Å². The zero-order valence-corrected chi connectivity index (χ0v) is 15.5. The Morgan fingerprint density at radius 3 is 2.61 bits per heavy atom. The van der Waals surface area contributed by atoms with Gasteiger partial charge in [-0.1, -0.05) is 37.1 Å². The fourth-order valence-electron chi connectivity index (χ4n) is 7.03. The van der Waals surface area contributed by atoms with Crippen LogP contribution in [0.5, 0.6) is 0 Å². The van der Waals surface area contributed by atoms with E-state index in [1.165, 1.54) is 38.5 Å². The van der Waals surface area contributed by atoms with Crippen molar-refractivity contribution in [3.05, 3.63) is 23.3 Å². The van der Waals surface area contributed by atoms with Crippen molar-refractivity contribution < 1.29 is 5.11 Å². The van der Waals surface area contributed by atoms with E-state index < -0.39 is 5.60 Å². The predicted octanol–water partition coefficient (Wildman–Crippen LogP) is 5.65. The first kappa shape index (κ1) is 15.9. The Kier molecular flexibility index (Phi) is 3.45. The second-order valence-corrected chi connectivity index (χ2v) is 9.74. The summed E-state index contributed by atoms with van der Waals surface area (Å²) in [5, 5.41) is 10.6. The molecule has 6 atom stereocenters. The van der Waals surface area contributed by atoms with Gasteiger partial charge < -0.3 is 5.11 Å². The van der Waals surface area contributed by atoms with E-state index in [0.717, 1.165) is 24.7 Å². The lowest BCUT2D eigenvalue weighted by Crippen LogP contribution is -2.50. The van der Waals surface area contributed by atoms with Crippen molar-refractivity contribution in [3.8, 4) is 0 Å². The van der Waals surface area contributed by atoms with E-state index in [1.807, 2.05) is 0 Å². The number of hydrogen-bond acceptors (Lipinski definition) is 1. The fraction of sp³-hybridized carbons (Fsp3) is 0.818. The molecule has 0 aromatic carbocycles. The molecule has 0 spiro atoms. The first-order valence-corrected chi connectivity index (χ1v) is 9.89. The second kappa shape index (κ2) is 4.97. The lowest BCUT2D eigenvalue weighted by atomic mass is 9.48. The van der Waals surface area contributed by atoms with Crippen LogP contribution in [0.2, 0.25) is 0 Å². The lowest BCUT2D eigenvalue weighted by molar-refractivity contribution is -0.0613. The van der Waals surface area contributed by atoms with Gasteiger partial charge in [-0.3, -0.25) is 0 Å². The molecule has 0 radical (unpaired) electrons. The molecule has 0 amide bonds. The Morgan fingerprint density at radius 1 is 1.09 bits per heavy atom. The van der Waals surface area contributed by atoms with Gasteiger partial charge in [-0.15, -0.1) is 0 Å². The van der Waals surface area contributed by atoms with E-state index in [0.29, 0.717) is 16.7 Å². The second-order valence-electron chi connectivity index (χ2n) is 9.74. The Bertz CT molecular complexity index is 569. The van der Waals surface area contributed by atoms with Gasteiger partial charge in [0.25, 0.3) is 0 Å². The Labute approximate surface area is 142 Å². The minimum atomic E-state index is -0.424. The smallest absolute Gasteiger partial charge is 0.0623 e. The molecule has 0 saturated heterocycles. The summed E-state index contributed by atoms with van der Waals surface area (Å²) in [6.45, 7) is 9.36. The Hall–Kier alpha value is -0.560. The standard InChI is InChI=1S/C22H34O/c1-5-15-7-9-18-17-8-6-16-14-20(2,23)12-13-22(16,4)19(17)10-11-21(15,18)3/h5,10,16-18,23H,6-9,11-14H2,1-4H3/b15-5-/t16-,17?,18-,20+,21+,22-/m0/s1. The summed E-state index contributed by atoms with van der Waals surface area (Å²) < 4.78 is 0. The summed E-state index contributed by atoms with van der Waals surface area (Å²) in [5.41, 5.74) is 3.89. The van der Waals surface area contributed by atoms with Gasteiger partial charge in [0.05, 0.1) is 5.60 Å². The molecule has 0 heterocycles. The maximum absolute atomic E-state index is 10.6. The molecule has 0 aromatic heterocycles. The van der Waals surface area contributed by atoms with Crippen LogP contribution < -0.4 is 0 Å². The minimum Gasteiger partial charge on any atom is -0.390 e. The molecule has 3 saturated carbocycles. The molecule has 4 rings (SSSR count). The molecule has 3 fully saturated rings. The van der Waals surface area contributed by atoms with Crippen molar-refractivity contribution in [2.75, 3.05) is 0 Å². The third-order valence-electron chi connectivity index (χ3n) is 8.51. The van der Waals surface area contributed by atoms with E-state index >= 15 is 0 Å². The van der Waals surface area contributed by atoms with Crippen molar-refractivity contribution in [2.45, 2.75) is 84.7 Å². The van der Waals surface area contributed by atoms with Gasteiger partial charge in [-0.2, -0.15) is 0 Å². The van der Waals surface area contributed by atoms with Gasteiger partial charge >= 0.3 is 0 Å². The average molecular weight is 315 g/mol. The van der Waals surface area contributed by atoms with Crippen LogP contribution in [-0.4, -0.2) is 10.7 Å². The molecule has 1 unspecified atom stereocenters. The van der Waals surface area contributed by atoms with Gasteiger partial charge in [-0.25, -0.2) is 0 Å². The van der Waals surface area contributed by atoms with Crippen LogP contribution in [0.4, 0.5) is 0 Å². The molecule has 0 aliphatic heterocycles. The third-order valence-corrected chi connectivity index (χ3v) is 8.51. The molecule has 23 heavy (non-hydrogen) atoms. The normalized spacial score (nSPS) is 54.2. The van der Waals surface area contributed by atoms with Crippen molar-refractivity contribution >= 4 is 0 Å². The summed E-state index contributed by atoms with van der Waals surface area (Å²) >= 11 is 0. The maximum atomic E-state index is 10.6. The molecule has 0 bridgehead atoms. The van der Waals surface area contributed by atoms with E-state index in [2.05, 4.69) is 39.8 Å². The Morgan fingerprint density at radius 2 is 1.87 bits per heavy atom. The fourth-order valence-corrected chi connectivity index (χ4v) is 7.03. The number of aliphatic hydroxyl groups is 1. The first-order valence-electron chi connectivity index (χ1n) is 9.89. The molecule has 1 nitrogen and oxygen atoms in total. The highest BCUT2D eigenvalue weighted by Gasteiger charge is 2.56. The highest BCUT2D eigenvalue weighted by molar-refractivity contribution is 5.34. The number of allylic oxidation sites excluding steroid dienone is 4. The van der Waals surface area contributed by atoms with Crippen LogP contribution in [0.3, 0.4) is 0 Å². The first-order chi connectivity index (χ1) is 10.8. The zero-order chi connectivity index (χ0) is 16.5. The molecular weight excluding hydrogens is 280 g/mol. The largest absolute Gasteiger partial charge is 0.390 e. The molecule has 4 aliphatic rings. The van der Waals surface area contributed by atoms with Crippen LogP contribution in [0.1, 0.15) is 79.1 Å². The molecule has 4 aliphatic carbocycles. The van der Waals surface area contributed by atoms with Crippen molar-refractivity contribution in [1.29, 1.82) is 0 Å². The SMILES string of the molecule is C/C=C1/CC[C@H]2C3CC[C@H]4C[C@](C)(O)CC[C@]4(C)C3=CC[C@]12C. The molecule has 1 heteroatoms. The van der Waals surface area contributed by atoms with Crippen LogP contribution in [0.15, 0.2) is 23.3 Å². The topological polar surface area (TPSA) is 20.2 Å². The summed E-state index contributed by atoms with van der Waals surface area (Å²) in [6, 6.07) is 0. The highest BCUT2D eigenvalue weighted by Crippen LogP contribution is 2.65. The van der Waals surface area contributed by atoms with Gasteiger partial charge in [0.2, 0.25) is 0 Å². The van der Waals surface area contributed by atoms with E-state index in [-0.39, 0.29) is 0 Å². The van der Waals surface area contributed by atoms with Gasteiger partial charge in [-0.05, 0) is 93.8 Å². The lowest BCUT2D eigenvalue weighted by Gasteiger charge is -2.57. The average Bonchev–Trinajstić information content (AvgIpc) is 2.84. The monoisotopic (exact) mass is 314 g/mol. The minimum absolute atomic E-state index is 0.366. The van der Waals surface area contributed by atoms with E-state index in [9.17, 15) is 5.11 Å². The summed E-state index contributed by atoms with van der Waals surface area (Å²) in [6.07, 6.45) is 14.9. The maximum Gasteiger partial charge on any atom is 0.0623 e. The van der Waals surface area contributed by atoms with Crippen LogP contribution in [0.25, 0.3) is 0 Å². The number of hydrogen-bond donors (Lipinski definition) is 1. The molecular formula is C22H34O.